The Labute approximate surface area is 340 Å². The fraction of sp³-hybridized carbons (Fsp3) is 0.816. The number of ether oxygens (including phenoxy) is 3. The van der Waals surface area contributed by atoms with Gasteiger partial charge in [0.15, 0.2) is 6.10 Å². The SMILES string of the molecule is CCCCC/C=C\C/C=C\CCCCCCCC(=O)OC[C@@H](COC(=O)CCCCCCCCCCC)OC(=O)CCCCCCC/C=C\CCCCCC. The summed E-state index contributed by atoms with van der Waals surface area (Å²) in [5.74, 6) is -0.901. The summed E-state index contributed by atoms with van der Waals surface area (Å²) in [6, 6.07) is 0. The zero-order valence-electron chi connectivity index (χ0n) is 36.4. The van der Waals surface area contributed by atoms with E-state index in [1.165, 1.54) is 109 Å². The van der Waals surface area contributed by atoms with Crippen LogP contribution in [0.5, 0.6) is 0 Å². The first kappa shape index (κ1) is 52.6. The lowest BCUT2D eigenvalue weighted by molar-refractivity contribution is -0.167. The monoisotopic (exact) mass is 773 g/mol. The lowest BCUT2D eigenvalue weighted by Gasteiger charge is -2.18. The molecule has 0 aromatic carbocycles. The van der Waals surface area contributed by atoms with Gasteiger partial charge >= 0.3 is 17.9 Å². The van der Waals surface area contributed by atoms with Gasteiger partial charge in [0, 0.05) is 19.3 Å². The predicted octanol–water partition coefficient (Wildman–Crippen LogP) is 15.0. The topological polar surface area (TPSA) is 78.9 Å². The number of carbonyl (C=O) groups is 3. The summed E-state index contributed by atoms with van der Waals surface area (Å²) in [4.78, 5) is 37.7. The Kier molecular flexibility index (Phi) is 42.4. The molecule has 0 saturated carbocycles. The zero-order valence-corrected chi connectivity index (χ0v) is 36.4. The molecule has 6 heteroatoms. The van der Waals surface area contributed by atoms with Gasteiger partial charge in [-0.3, -0.25) is 14.4 Å². The highest BCUT2D eigenvalue weighted by Crippen LogP contribution is 2.14. The summed E-state index contributed by atoms with van der Waals surface area (Å²) in [5, 5.41) is 0. The molecule has 0 spiro atoms. The number of hydrogen-bond acceptors (Lipinski definition) is 6. The van der Waals surface area contributed by atoms with E-state index < -0.39 is 6.10 Å². The summed E-state index contributed by atoms with van der Waals surface area (Å²) < 4.78 is 16.7. The maximum absolute atomic E-state index is 12.7. The summed E-state index contributed by atoms with van der Waals surface area (Å²) >= 11 is 0. The third-order valence-corrected chi connectivity index (χ3v) is 10.1. The summed E-state index contributed by atoms with van der Waals surface area (Å²) in [7, 11) is 0. The largest absolute Gasteiger partial charge is 0.462 e. The molecule has 0 saturated heterocycles. The maximum atomic E-state index is 12.7. The molecule has 320 valence electrons. The van der Waals surface area contributed by atoms with Gasteiger partial charge < -0.3 is 14.2 Å². The number of hydrogen-bond donors (Lipinski definition) is 0. The molecule has 0 aliphatic carbocycles. The molecule has 0 fully saturated rings. The Morgan fingerprint density at radius 2 is 0.655 bits per heavy atom. The Hall–Kier alpha value is -2.37. The van der Waals surface area contributed by atoms with E-state index in [1.807, 2.05) is 0 Å². The highest BCUT2D eigenvalue weighted by Gasteiger charge is 2.19. The Morgan fingerprint density at radius 3 is 1.07 bits per heavy atom. The second kappa shape index (κ2) is 44.3. The van der Waals surface area contributed by atoms with Gasteiger partial charge in [0.1, 0.15) is 13.2 Å². The molecule has 0 aromatic rings. The van der Waals surface area contributed by atoms with Gasteiger partial charge in [0.2, 0.25) is 0 Å². The van der Waals surface area contributed by atoms with E-state index in [0.717, 1.165) is 89.9 Å². The van der Waals surface area contributed by atoms with Crippen LogP contribution in [0.4, 0.5) is 0 Å². The lowest BCUT2D eigenvalue weighted by atomic mass is 10.1. The minimum atomic E-state index is -0.776. The molecule has 0 rings (SSSR count). The Morgan fingerprint density at radius 1 is 0.364 bits per heavy atom. The van der Waals surface area contributed by atoms with Crippen molar-refractivity contribution in [3.05, 3.63) is 36.5 Å². The number of allylic oxidation sites excluding steroid dienone is 6. The van der Waals surface area contributed by atoms with Crippen LogP contribution in [0.25, 0.3) is 0 Å². The van der Waals surface area contributed by atoms with Crippen molar-refractivity contribution in [2.75, 3.05) is 13.2 Å². The van der Waals surface area contributed by atoms with E-state index >= 15 is 0 Å². The van der Waals surface area contributed by atoms with E-state index in [4.69, 9.17) is 14.2 Å². The number of carbonyl (C=O) groups excluding carboxylic acids is 3. The second-order valence-corrected chi connectivity index (χ2v) is 15.7. The highest BCUT2D eigenvalue weighted by molar-refractivity contribution is 5.71. The van der Waals surface area contributed by atoms with E-state index in [2.05, 4.69) is 57.2 Å². The minimum Gasteiger partial charge on any atom is -0.462 e. The van der Waals surface area contributed by atoms with Gasteiger partial charge in [-0.2, -0.15) is 0 Å². The minimum absolute atomic E-state index is 0.0783. The van der Waals surface area contributed by atoms with Crippen LogP contribution in [-0.4, -0.2) is 37.2 Å². The Bertz CT molecular complexity index is 938. The molecule has 6 nitrogen and oxygen atoms in total. The van der Waals surface area contributed by atoms with Crippen LogP contribution in [0, 0.1) is 0 Å². The fourth-order valence-corrected chi connectivity index (χ4v) is 6.52. The lowest BCUT2D eigenvalue weighted by Crippen LogP contribution is -2.30. The average molecular weight is 773 g/mol. The van der Waals surface area contributed by atoms with Crippen molar-refractivity contribution in [3.63, 3.8) is 0 Å². The normalized spacial score (nSPS) is 12.3. The fourth-order valence-electron chi connectivity index (χ4n) is 6.52. The van der Waals surface area contributed by atoms with Crippen LogP contribution in [0.2, 0.25) is 0 Å². The summed E-state index contributed by atoms with van der Waals surface area (Å²) in [6.07, 6.45) is 49.8. The van der Waals surface area contributed by atoms with Crippen molar-refractivity contribution >= 4 is 17.9 Å². The molecule has 0 aliphatic rings. The molecular formula is C49H88O6. The van der Waals surface area contributed by atoms with Crippen molar-refractivity contribution in [3.8, 4) is 0 Å². The van der Waals surface area contributed by atoms with Crippen molar-refractivity contribution in [1.29, 1.82) is 0 Å². The molecule has 0 unspecified atom stereocenters. The standard InChI is InChI=1S/C49H88O6/c1-4-7-10-13-16-19-21-23-24-26-27-30-33-36-39-42-48(51)54-45-46(44-53-47(50)41-38-35-32-29-18-15-12-9-6-3)55-49(52)43-40-37-34-31-28-25-22-20-17-14-11-8-5-2/h16,19-20,22-24,46H,4-15,17-18,21,25-45H2,1-3H3/b19-16-,22-20-,24-23-/t46-/m1/s1. The number of esters is 3. The molecule has 0 heterocycles. The van der Waals surface area contributed by atoms with Crippen LogP contribution in [0.15, 0.2) is 36.5 Å². The Balaban J connectivity index is 4.37. The van der Waals surface area contributed by atoms with Gasteiger partial charge in [-0.25, -0.2) is 0 Å². The van der Waals surface area contributed by atoms with Crippen molar-refractivity contribution in [2.24, 2.45) is 0 Å². The molecule has 0 bridgehead atoms. The first-order chi connectivity index (χ1) is 27.0. The van der Waals surface area contributed by atoms with Crippen molar-refractivity contribution < 1.29 is 28.6 Å². The third kappa shape index (κ3) is 42.6. The highest BCUT2D eigenvalue weighted by atomic mass is 16.6. The van der Waals surface area contributed by atoms with Gasteiger partial charge in [0.25, 0.3) is 0 Å². The van der Waals surface area contributed by atoms with Crippen molar-refractivity contribution in [2.45, 2.75) is 245 Å². The second-order valence-electron chi connectivity index (χ2n) is 15.7. The van der Waals surface area contributed by atoms with Gasteiger partial charge in [0.05, 0.1) is 0 Å². The van der Waals surface area contributed by atoms with E-state index in [9.17, 15) is 14.4 Å². The van der Waals surface area contributed by atoms with Crippen molar-refractivity contribution in [1.82, 2.24) is 0 Å². The number of rotatable bonds is 42. The molecule has 1 atom stereocenters. The van der Waals surface area contributed by atoms with Crippen LogP contribution in [0.1, 0.15) is 239 Å². The quantitative estimate of drug-likeness (QED) is 0.0266. The summed E-state index contributed by atoms with van der Waals surface area (Å²) in [6.45, 7) is 6.56. The molecule has 0 amide bonds. The smallest absolute Gasteiger partial charge is 0.306 e. The summed E-state index contributed by atoms with van der Waals surface area (Å²) in [5.41, 5.74) is 0. The van der Waals surface area contributed by atoms with Gasteiger partial charge in [-0.05, 0) is 77.0 Å². The molecule has 0 radical (unpaired) electrons. The van der Waals surface area contributed by atoms with Crippen LogP contribution in [-0.2, 0) is 28.6 Å². The van der Waals surface area contributed by atoms with E-state index in [-0.39, 0.29) is 31.1 Å². The zero-order chi connectivity index (χ0) is 40.1. The molecular weight excluding hydrogens is 685 g/mol. The van der Waals surface area contributed by atoms with Gasteiger partial charge in [-0.15, -0.1) is 0 Å². The van der Waals surface area contributed by atoms with E-state index in [0.29, 0.717) is 19.3 Å². The first-order valence-corrected chi connectivity index (χ1v) is 23.5. The van der Waals surface area contributed by atoms with E-state index in [1.54, 1.807) is 0 Å². The molecule has 0 aliphatic heterocycles. The third-order valence-electron chi connectivity index (χ3n) is 10.1. The molecule has 0 aromatic heterocycles. The number of unbranched alkanes of at least 4 members (excludes halogenated alkanes) is 25. The maximum Gasteiger partial charge on any atom is 0.306 e. The van der Waals surface area contributed by atoms with Gasteiger partial charge in [-0.1, -0.05) is 179 Å². The van der Waals surface area contributed by atoms with Crippen LogP contribution in [0.3, 0.4) is 0 Å². The first-order valence-electron chi connectivity index (χ1n) is 23.5. The van der Waals surface area contributed by atoms with Crippen LogP contribution >= 0.6 is 0 Å². The average Bonchev–Trinajstić information content (AvgIpc) is 3.18. The molecule has 0 N–H and O–H groups in total. The molecule has 55 heavy (non-hydrogen) atoms. The van der Waals surface area contributed by atoms with Crippen LogP contribution < -0.4 is 0 Å². The predicted molar refractivity (Wildman–Crippen MR) is 233 cm³/mol.